The molecule has 1 aromatic carbocycles. The fraction of sp³-hybridized carbons (Fsp3) is 0.417. The maximum Gasteiger partial charge on any atom is 0.244 e. The van der Waals surface area contributed by atoms with Crippen molar-refractivity contribution in [3.63, 3.8) is 0 Å². The largest absolute Gasteiger partial charge is 0.323 e. The number of amides is 1. The number of hydrogen-bond donors (Lipinski definition) is 2. The summed E-state index contributed by atoms with van der Waals surface area (Å²) in [4.78, 5) is 12.0. The minimum atomic E-state index is -0.652. The first-order valence-electron chi connectivity index (χ1n) is 5.39. The van der Waals surface area contributed by atoms with Gasteiger partial charge in [-0.25, -0.2) is 0 Å². The Morgan fingerprint density at radius 3 is 2.59 bits per heavy atom. The van der Waals surface area contributed by atoms with Crippen LogP contribution in [0.15, 0.2) is 18.2 Å². The van der Waals surface area contributed by atoms with E-state index in [1.165, 1.54) is 0 Å². The van der Waals surface area contributed by atoms with Crippen molar-refractivity contribution in [1.29, 1.82) is 0 Å². The highest BCUT2D eigenvalue weighted by atomic mass is 35.5. The molecular formula is C12H16Cl2N2O. The third-order valence-corrected chi connectivity index (χ3v) is 3.21. The number of rotatable bonds is 4. The molecule has 0 saturated heterocycles. The number of carbonyl (C=O) groups is 1. The van der Waals surface area contributed by atoms with E-state index in [-0.39, 0.29) is 5.91 Å². The molecule has 17 heavy (non-hydrogen) atoms. The van der Waals surface area contributed by atoms with Crippen molar-refractivity contribution in [2.45, 2.75) is 26.3 Å². The average Bonchev–Trinajstić information content (AvgIpc) is 2.24. The Hall–Kier alpha value is -0.770. The van der Waals surface area contributed by atoms with Gasteiger partial charge < -0.3 is 10.6 Å². The van der Waals surface area contributed by atoms with Crippen molar-refractivity contribution in [3.05, 3.63) is 28.2 Å². The molecule has 0 heterocycles. The average molecular weight is 275 g/mol. The summed E-state index contributed by atoms with van der Waals surface area (Å²) in [5, 5.41) is 6.62. The number of benzene rings is 1. The lowest BCUT2D eigenvalue weighted by molar-refractivity contribution is -0.121. The van der Waals surface area contributed by atoms with Gasteiger partial charge in [0.05, 0.1) is 21.3 Å². The van der Waals surface area contributed by atoms with Gasteiger partial charge in [-0.2, -0.15) is 0 Å². The van der Waals surface area contributed by atoms with E-state index in [0.29, 0.717) is 22.3 Å². The van der Waals surface area contributed by atoms with E-state index in [1.54, 1.807) is 18.2 Å². The number of nitrogens with one attached hydrogen (secondary N) is 2. The Labute approximate surface area is 111 Å². The van der Waals surface area contributed by atoms with Crippen LogP contribution in [0.3, 0.4) is 0 Å². The monoisotopic (exact) mass is 274 g/mol. The van der Waals surface area contributed by atoms with Crippen molar-refractivity contribution in [3.8, 4) is 0 Å². The van der Waals surface area contributed by atoms with Gasteiger partial charge in [-0.3, -0.25) is 4.79 Å². The third kappa shape index (κ3) is 3.60. The summed E-state index contributed by atoms with van der Waals surface area (Å²) in [5.74, 6) is -0.150. The highest BCUT2D eigenvalue weighted by Gasteiger charge is 2.26. The Morgan fingerprint density at radius 2 is 2.00 bits per heavy atom. The van der Waals surface area contributed by atoms with Crippen molar-refractivity contribution in [2.24, 2.45) is 0 Å². The van der Waals surface area contributed by atoms with Gasteiger partial charge in [-0.1, -0.05) is 36.2 Å². The van der Waals surface area contributed by atoms with E-state index in [2.05, 4.69) is 10.6 Å². The Bertz CT molecular complexity index is 419. The molecular weight excluding hydrogens is 259 g/mol. The van der Waals surface area contributed by atoms with Crippen molar-refractivity contribution < 1.29 is 4.79 Å². The van der Waals surface area contributed by atoms with Gasteiger partial charge >= 0.3 is 0 Å². The van der Waals surface area contributed by atoms with Crippen LogP contribution >= 0.6 is 23.2 Å². The van der Waals surface area contributed by atoms with Crippen LogP contribution in [-0.4, -0.2) is 18.0 Å². The molecule has 3 nitrogen and oxygen atoms in total. The minimum Gasteiger partial charge on any atom is -0.323 e. The molecule has 0 saturated carbocycles. The van der Waals surface area contributed by atoms with Gasteiger partial charge in [0, 0.05) is 0 Å². The highest BCUT2D eigenvalue weighted by molar-refractivity contribution is 6.44. The van der Waals surface area contributed by atoms with Crippen LogP contribution in [-0.2, 0) is 4.79 Å². The van der Waals surface area contributed by atoms with Crippen molar-refractivity contribution >= 4 is 34.8 Å². The molecule has 0 fully saturated rings. The lowest BCUT2D eigenvalue weighted by atomic mass is 10.0. The molecule has 0 aliphatic heterocycles. The number of anilines is 1. The van der Waals surface area contributed by atoms with Gasteiger partial charge in [-0.05, 0) is 32.5 Å². The van der Waals surface area contributed by atoms with Crippen molar-refractivity contribution in [1.82, 2.24) is 5.32 Å². The first-order chi connectivity index (χ1) is 7.88. The predicted octanol–water partition coefficient (Wildman–Crippen LogP) is 3.32. The van der Waals surface area contributed by atoms with Crippen LogP contribution in [0.2, 0.25) is 10.0 Å². The Kier molecular flexibility index (Phi) is 4.80. The molecule has 1 amide bonds. The number of hydrogen-bond acceptors (Lipinski definition) is 2. The molecule has 0 unspecified atom stereocenters. The van der Waals surface area contributed by atoms with Crippen LogP contribution in [0.25, 0.3) is 0 Å². The Balaban J connectivity index is 2.85. The standard InChI is InChI=1S/C12H16Cl2N2O/c1-4-15-12(2,3)11(17)16-9-7-5-6-8(13)10(9)14/h5-7,15H,4H2,1-3H3,(H,16,17). The molecule has 0 radical (unpaired) electrons. The lowest BCUT2D eigenvalue weighted by Gasteiger charge is -2.24. The first kappa shape index (κ1) is 14.3. The summed E-state index contributed by atoms with van der Waals surface area (Å²) in [6, 6.07) is 5.13. The maximum absolute atomic E-state index is 12.0. The van der Waals surface area contributed by atoms with Gasteiger partial charge in [0.25, 0.3) is 0 Å². The molecule has 2 N–H and O–H groups in total. The Morgan fingerprint density at radius 1 is 1.35 bits per heavy atom. The lowest BCUT2D eigenvalue weighted by Crippen LogP contribution is -2.49. The zero-order valence-electron chi connectivity index (χ0n) is 10.1. The van der Waals surface area contributed by atoms with Crippen LogP contribution in [0.4, 0.5) is 5.69 Å². The zero-order valence-corrected chi connectivity index (χ0v) is 11.6. The molecule has 5 heteroatoms. The van der Waals surface area contributed by atoms with Gasteiger partial charge in [0.2, 0.25) is 5.91 Å². The topological polar surface area (TPSA) is 41.1 Å². The van der Waals surface area contributed by atoms with Gasteiger partial charge in [-0.15, -0.1) is 0 Å². The molecule has 0 bridgehead atoms. The molecule has 0 aromatic heterocycles. The predicted molar refractivity (Wildman–Crippen MR) is 72.8 cm³/mol. The SMILES string of the molecule is CCNC(C)(C)C(=O)Nc1cccc(Cl)c1Cl. The first-order valence-corrected chi connectivity index (χ1v) is 6.14. The van der Waals surface area contributed by atoms with E-state index in [9.17, 15) is 4.79 Å². The summed E-state index contributed by atoms with van der Waals surface area (Å²) >= 11 is 11.9. The summed E-state index contributed by atoms with van der Waals surface area (Å²) in [5.41, 5.74) is -0.129. The van der Waals surface area contributed by atoms with E-state index >= 15 is 0 Å². The third-order valence-electron chi connectivity index (χ3n) is 2.39. The molecule has 94 valence electrons. The maximum atomic E-state index is 12.0. The quantitative estimate of drug-likeness (QED) is 0.885. The molecule has 0 spiro atoms. The second-order valence-corrected chi connectivity index (χ2v) is 5.00. The molecule has 0 aliphatic rings. The molecule has 1 aromatic rings. The summed E-state index contributed by atoms with van der Waals surface area (Å²) in [6.07, 6.45) is 0. The molecule has 1 rings (SSSR count). The number of carbonyl (C=O) groups excluding carboxylic acids is 1. The van der Waals surface area contributed by atoms with Crippen LogP contribution in [0.1, 0.15) is 20.8 Å². The summed E-state index contributed by atoms with van der Waals surface area (Å²) in [7, 11) is 0. The fourth-order valence-corrected chi connectivity index (χ4v) is 1.75. The second-order valence-electron chi connectivity index (χ2n) is 4.21. The zero-order chi connectivity index (χ0) is 13.1. The van der Waals surface area contributed by atoms with Gasteiger partial charge in [0.1, 0.15) is 0 Å². The summed E-state index contributed by atoms with van der Waals surface area (Å²) in [6.45, 7) is 6.28. The smallest absolute Gasteiger partial charge is 0.244 e. The summed E-state index contributed by atoms with van der Waals surface area (Å²) < 4.78 is 0. The van der Waals surface area contributed by atoms with E-state index in [1.807, 2.05) is 20.8 Å². The van der Waals surface area contributed by atoms with Crippen LogP contribution in [0.5, 0.6) is 0 Å². The normalized spacial score (nSPS) is 11.4. The minimum absolute atomic E-state index is 0.150. The van der Waals surface area contributed by atoms with Crippen LogP contribution < -0.4 is 10.6 Å². The molecule has 0 atom stereocenters. The van der Waals surface area contributed by atoms with E-state index in [0.717, 1.165) is 0 Å². The highest BCUT2D eigenvalue weighted by Crippen LogP contribution is 2.29. The van der Waals surface area contributed by atoms with Crippen molar-refractivity contribution in [2.75, 3.05) is 11.9 Å². The number of likely N-dealkylation sites (N-methyl/N-ethyl adjacent to an activating group) is 1. The van der Waals surface area contributed by atoms with E-state index < -0.39 is 5.54 Å². The van der Waals surface area contributed by atoms with Crippen LogP contribution in [0, 0.1) is 0 Å². The second kappa shape index (κ2) is 5.71. The fourth-order valence-electron chi connectivity index (χ4n) is 1.40. The number of halogens is 2. The molecule has 0 aliphatic carbocycles. The van der Waals surface area contributed by atoms with Gasteiger partial charge in [0.15, 0.2) is 0 Å². The van der Waals surface area contributed by atoms with E-state index in [4.69, 9.17) is 23.2 Å².